The zero-order valence-corrected chi connectivity index (χ0v) is 13.7. The number of nitro benzene ring substituents is 1. The second kappa shape index (κ2) is 6.85. The van der Waals surface area contributed by atoms with Gasteiger partial charge >= 0.3 is 17.8 Å². The van der Waals surface area contributed by atoms with Crippen LogP contribution < -0.4 is 9.88 Å². The number of nitro groups is 1. The van der Waals surface area contributed by atoms with Crippen molar-refractivity contribution in [1.29, 1.82) is 0 Å². The summed E-state index contributed by atoms with van der Waals surface area (Å²) in [6, 6.07) is 4.13. The third-order valence-corrected chi connectivity index (χ3v) is 4.08. The monoisotopic (exact) mass is 406 g/mol. The third-order valence-electron chi connectivity index (χ3n) is 3.17. The normalized spacial score (nSPS) is 11.9. The molecule has 0 saturated carbocycles. The zero-order valence-electron chi connectivity index (χ0n) is 12.9. The molecule has 0 atom stereocenters. The van der Waals surface area contributed by atoms with E-state index in [1.165, 1.54) is 0 Å². The Hall–Kier alpha value is -3.19. The predicted molar refractivity (Wildman–Crippen MR) is 82.9 cm³/mol. The largest absolute Gasteiger partial charge is 0.478 e. The van der Waals surface area contributed by atoms with Crippen LogP contribution in [0.1, 0.15) is 15.9 Å². The summed E-state index contributed by atoms with van der Waals surface area (Å²) < 4.78 is 66.8. The highest BCUT2D eigenvalue weighted by Gasteiger charge is 2.32. The molecule has 144 valence electrons. The number of hydrogen-bond donors (Lipinski definition) is 2. The molecule has 2 aromatic rings. The standard InChI is InChI=1S/C14H9F3N2O7S/c15-14(16,17)8-2-1-3-9(6-8)26-12-10(19(22)23)4-7(13(20)21)5-11(12)27(18,24)25/h1-6H,(H,20,21)(H2,18,24,25). The molecule has 27 heavy (non-hydrogen) atoms. The Morgan fingerprint density at radius 1 is 1.22 bits per heavy atom. The van der Waals surface area contributed by atoms with E-state index in [2.05, 4.69) is 0 Å². The molecule has 0 aromatic heterocycles. The number of halogens is 3. The molecule has 0 aliphatic rings. The second-order valence-electron chi connectivity index (χ2n) is 5.06. The number of carboxylic acids is 1. The fraction of sp³-hybridized carbons (Fsp3) is 0.0714. The molecular weight excluding hydrogens is 397 g/mol. The molecule has 0 aliphatic carbocycles. The van der Waals surface area contributed by atoms with Crippen LogP contribution in [-0.2, 0) is 16.2 Å². The highest BCUT2D eigenvalue weighted by molar-refractivity contribution is 7.89. The highest BCUT2D eigenvalue weighted by Crippen LogP contribution is 2.39. The maximum atomic E-state index is 12.8. The van der Waals surface area contributed by atoms with Gasteiger partial charge in [-0.25, -0.2) is 18.4 Å². The third kappa shape index (κ3) is 4.51. The van der Waals surface area contributed by atoms with Gasteiger partial charge in [-0.2, -0.15) is 13.2 Å². The van der Waals surface area contributed by atoms with Crippen LogP contribution in [0.15, 0.2) is 41.3 Å². The van der Waals surface area contributed by atoms with E-state index in [4.69, 9.17) is 15.0 Å². The quantitative estimate of drug-likeness (QED) is 0.572. The van der Waals surface area contributed by atoms with Crippen LogP contribution in [0.3, 0.4) is 0 Å². The van der Waals surface area contributed by atoms with E-state index in [0.717, 1.165) is 12.1 Å². The minimum absolute atomic E-state index is 0.488. The topological polar surface area (TPSA) is 150 Å². The lowest BCUT2D eigenvalue weighted by Crippen LogP contribution is -2.15. The van der Waals surface area contributed by atoms with E-state index in [0.29, 0.717) is 24.3 Å². The summed E-state index contributed by atoms with van der Waals surface area (Å²) in [4.78, 5) is 20.1. The lowest BCUT2D eigenvalue weighted by atomic mass is 10.2. The van der Waals surface area contributed by atoms with Crippen molar-refractivity contribution in [3.05, 3.63) is 57.6 Å². The Kier molecular flexibility index (Phi) is 5.10. The molecule has 3 N–H and O–H groups in total. The van der Waals surface area contributed by atoms with Crippen LogP contribution >= 0.6 is 0 Å². The number of ether oxygens (including phenoxy) is 1. The summed E-state index contributed by atoms with van der Waals surface area (Å²) in [5.74, 6) is -3.26. The average Bonchev–Trinajstić information content (AvgIpc) is 2.52. The van der Waals surface area contributed by atoms with Crippen molar-refractivity contribution < 1.29 is 41.2 Å². The van der Waals surface area contributed by atoms with Crippen molar-refractivity contribution in [2.45, 2.75) is 11.1 Å². The van der Waals surface area contributed by atoms with Gasteiger partial charge in [-0.15, -0.1) is 0 Å². The summed E-state index contributed by atoms with van der Waals surface area (Å²) in [6.07, 6.45) is -4.75. The van der Waals surface area contributed by atoms with E-state index >= 15 is 0 Å². The number of hydrogen-bond acceptors (Lipinski definition) is 6. The van der Waals surface area contributed by atoms with Gasteiger partial charge in [-0.05, 0) is 24.3 Å². The van der Waals surface area contributed by atoms with Crippen molar-refractivity contribution >= 4 is 21.7 Å². The molecule has 13 heteroatoms. The average molecular weight is 406 g/mol. The number of rotatable bonds is 5. The lowest BCUT2D eigenvalue weighted by Gasteiger charge is -2.13. The van der Waals surface area contributed by atoms with E-state index in [1.807, 2.05) is 0 Å². The number of benzene rings is 2. The molecule has 9 nitrogen and oxygen atoms in total. The first-order valence-corrected chi connectivity index (χ1v) is 8.29. The fourth-order valence-corrected chi connectivity index (χ4v) is 2.71. The van der Waals surface area contributed by atoms with Gasteiger partial charge in [0.05, 0.1) is 16.1 Å². The Balaban J connectivity index is 2.72. The minimum Gasteiger partial charge on any atom is -0.478 e. The van der Waals surface area contributed by atoms with Crippen LogP contribution in [0.4, 0.5) is 18.9 Å². The van der Waals surface area contributed by atoms with Gasteiger partial charge in [0.2, 0.25) is 15.8 Å². The Morgan fingerprint density at radius 2 is 1.85 bits per heavy atom. The van der Waals surface area contributed by atoms with Gasteiger partial charge in [0.25, 0.3) is 0 Å². The number of carboxylic acid groups (broad SMARTS) is 1. The maximum Gasteiger partial charge on any atom is 0.416 e. The SMILES string of the molecule is NS(=O)(=O)c1cc(C(=O)O)cc([N+](=O)[O-])c1Oc1cccc(C(F)(F)F)c1. The molecule has 0 spiro atoms. The number of sulfonamides is 1. The zero-order chi connectivity index (χ0) is 20.6. The number of carbonyl (C=O) groups is 1. The van der Waals surface area contributed by atoms with Crippen LogP contribution in [0.25, 0.3) is 0 Å². The van der Waals surface area contributed by atoms with Crippen molar-refractivity contribution in [3.63, 3.8) is 0 Å². The predicted octanol–water partition coefficient (Wildman–Crippen LogP) is 2.75. The van der Waals surface area contributed by atoms with E-state index in [1.54, 1.807) is 0 Å². The minimum atomic E-state index is -4.75. The maximum absolute atomic E-state index is 12.8. The van der Waals surface area contributed by atoms with Gasteiger partial charge < -0.3 is 9.84 Å². The van der Waals surface area contributed by atoms with Crippen LogP contribution in [0, 0.1) is 10.1 Å². The molecule has 2 aromatic carbocycles. The smallest absolute Gasteiger partial charge is 0.416 e. The van der Waals surface area contributed by atoms with Crippen LogP contribution in [0.2, 0.25) is 0 Å². The van der Waals surface area contributed by atoms with Crippen molar-refractivity contribution in [1.82, 2.24) is 0 Å². The molecule has 0 radical (unpaired) electrons. The van der Waals surface area contributed by atoms with Crippen LogP contribution in [-0.4, -0.2) is 24.4 Å². The summed E-state index contributed by atoms with van der Waals surface area (Å²) in [5, 5.41) is 25.1. The molecule has 0 fully saturated rings. The summed E-state index contributed by atoms with van der Waals surface area (Å²) in [5.41, 5.74) is -3.03. The Morgan fingerprint density at radius 3 is 2.33 bits per heavy atom. The van der Waals surface area contributed by atoms with Gasteiger partial charge in [0, 0.05) is 6.07 Å². The Bertz CT molecular complexity index is 1040. The summed E-state index contributed by atoms with van der Waals surface area (Å²) >= 11 is 0. The number of nitrogens with two attached hydrogens (primary N) is 1. The van der Waals surface area contributed by atoms with Gasteiger partial charge in [0.15, 0.2) is 0 Å². The second-order valence-corrected chi connectivity index (χ2v) is 6.59. The fourth-order valence-electron chi connectivity index (χ4n) is 2.01. The van der Waals surface area contributed by atoms with Crippen molar-refractivity contribution in [2.75, 3.05) is 0 Å². The Labute approximate surface area is 149 Å². The van der Waals surface area contributed by atoms with Gasteiger partial charge in [-0.1, -0.05) is 6.07 Å². The first-order chi connectivity index (χ1) is 12.3. The van der Waals surface area contributed by atoms with E-state index < -0.39 is 60.3 Å². The number of alkyl halides is 3. The van der Waals surface area contributed by atoms with E-state index in [9.17, 15) is 36.5 Å². The van der Waals surface area contributed by atoms with Crippen molar-refractivity contribution in [2.24, 2.45) is 5.14 Å². The highest BCUT2D eigenvalue weighted by atomic mass is 32.2. The molecule has 0 amide bonds. The van der Waals surface area contributed by atoms with Gasteiger partial charge in [-0.3, -0.25) is 10.1 Å². The molecule has 0 heterocycles. The van der Waals surface area contributed by atoms with Crippen molar-refractivity contribution in [3.8, 4) is 11.5 Å². The molecule has 0 aliphatic heterocycles. The summed E-state index contributed by atoms with van der Waals surface area (Å²) in [7, 11) is -4.72. The molecule has 0 bridgehead atoms. The number of aromatic carboxylic acids is 1. The first kappa shape index (κ1) is 20.1. The van der Waals surface area contributed by atoms with Crippen LogP contribution in [0.5, 0.6) is 11.5 Å². The first-order valence-electron chi connectivity index (χ1n) is 6.74. The lowest BCUT2D eigenvalue weighted by molar-refractivity contribution is -0.385. The number of primary sulfonamides is 1. The molecule has 0 saturated heterocycles. The molecule has 2 rings (SSSR count). The van der Waals surface area contributed by atoms with Gasteiger partial charge in [0.1, 0.15) is 10.6 Å². The van der Waals surface area contributed by atoms with E-state index in [-0.39, 0.29) is 0 Å². The molecular formula is C14H9F3N2O7S. The summed E-state index contributed by atoms with van der Waals surface area (Å²) in [6.45, 7) is 0. The number of nitrogens with zero attached hydrogens (tertiary/aromatic N) is 1. The molecule has 0 unspecified atom stereocenters.